The fourth-order valence-electron chi connectivity index (χ4n) is 4.04. The summed E-state index contributed by atoms with van der Waals surface area (Å²) in [5.74, 6) is -0.0910. The third kappa shape index (κ3) is 4.40. The Balaban J connectivity index is 0.00000114. The molecule has 1 saturated heterocycles. The molecule has 0 saturated carbocycles. The van der Waals surface area contributed by atoms with E-state index in [1.807, 2.05) is 42.5 Å². The molecule has 0 atom stereocenters. The molecule has 1 aromatic heterocycles. The minimum atomic E-state index is -0.0910. The van der Waals surface area contributed by atoms with Crippen LogP contribution >= 0.6 is 0 Å². The first-order chi connectivity index (χ1) is 13.7. The zero-order valence-electron chi connectivity index (χ0n) is 17.3. The van der Waals surface area contributed by atoms with Gasteiger partial charge >= 0.3 is 0 Å². The number of nitrogens with zero attached hydrogens (tertiary/aromatic N) is 3. The minimum Gasteiger partial charge on any atom is -1.00 e. The monoisotopic (exact) mass is 442 g/mol. The number of carbonyl (C=O) groups is 1. The zero-order valence-corrected chi connectivity index (χ0v) is 18.1. The van der Waals surface area contributed by atoms with E-state index in [-0.39, 0.29) is 29.3 Å². The molecule has 31 heavy (non-hydrogen) atoms. The molecular weight excluding hydrogens is 416 g/mol. The number of likely N-dealkylation sites (N-methyl/N-ethyl adjacent to an activating group) is 1. The molecule has 1 aliphatic rings. The smallest absolute Gasteiger partial charge is 0.279 e. The second-order valence-corrected chi connectivity index (χ2v) is 7.58. The normalized spacial score (nSPS) is 13.9. The van der Waals surface area contributed by atoms with Crippen LogP contribution in [0.25, 0.3) is 21.7 Å². The summed E-state index contributed by atoms with van der Waals surface area (Å²) in [6, 6.07) is 20.1. The van der Waals surface area contributed by atoms with Crippen molar-refractivity contribution < 1.29 is 33.1 Å². The maximum absolute atomic E-state index is 13.3. The van der Waals surface area contributed by atoms with Gasteiger partial charge in [-0.15, -0.1) is 0 Å². The molecule has 5 rings (SSSR count). The van der Waals surface area contributed by atoms with E-state index < -0.39 is 0 Å². The molecule has 5 N–H and O–H groups in total. The SMILES string of the molecule is C[NH+]1CCN(c2ccc3cnn(C(=O)c4cccc5ccccc45)c3c2)CC1.O.O.[Cl-]. The van der Waals surface area contributed by atoms with Gasteiger partial charge in [0, 0.05) is 16.6 Å². The summed E-state index contributed by atoms with van der Waals surface area (Å²) in [5.41, 5.74) is 2.70. The largest absolute Gasteiger partial charge is 1.00 e. The van der Waals surface area contributed by atoms with Crippen LogP contribution in [-0.4, -0.2) is 59.9 Å². The minimum absolute atomic E-state index is 0. The van der Waals surface area contributed by atoms with Crippen molar-refractivity contribution in [3.63, 3.8) is 0 Å². The lowest BCUT2D eigenvalue weighted by molar-refractivity contribution is -0.880. The molecule has 0 amide bonds. The highest BCUT2D eigenvalue weighted by atomic mass is 35.5. The lowest BCUT2D eigenvalue weighted by atomic mass is 10.0. The number of aromatic nitrogens is 2. The number of hydrogen-bond donors (Lipinski definition) is 1. The van der Waals surface area contributed by atoms with Gasteiger partial charge in [-0.1, -0.05) is 36.4 Å². The van der Waals surface area contributed by atoms with Crippen LogP contribution in [0.2, 0.25) is 0 Å². The third-order valence-electron chi connectivity index (χ3n) is 5.75. The summed E-state index contributed by atoms with van der Waals surface area (Å²) in [6.07, 6.45) is 1.77. The van der Waals surface area contributed by atoms with E-state index in [1.165, 1.54) is 0 Å². The standard InChI is InChI=1S/C23H22N4O.ClH.2H2O/c1-25-11-13-26(14-12-25)19-10-9-18-16-24-27(22(18)15-19)23(28)21-8-4-6-17-5-2-3-7-20(17)21;;;/h2-10,15-16H,11-14H2,1H3;1H;2*1H2. The number of rotatable bonds is 2. The number of carbonyl (C=O) groups excluding carboxylic acids is 1. The van der Waals surface area contributed by atoms with Gasteiger partial charge in [0.1, 0.15) is 0 Å². The van der Waals surface area contributed by atoms with Gasteiger partial charge in [0.2, 0.25) is 0 Å². The number of fused-ring (bicyclic) bond motifs is 2. The molecular formula is C23H27ClN4O3. The Bertz CT molecular complexity index is 1180. The number of nitrogens with one attached hydrogen (secondary N) is 1. The third-order valence-corrected chi connectivity index (χ3v) is 5.75. The van der Waals surface area contributed by atoms with Crippen molar-refractivity contribution >= 4 is 33.3 Å². The number of halogens is 1. The van der Waals surface area contributed by atoms with Crippen LogP contribution in [0.3, 0.4) is 0 Å². The molecule has 0 bridgehead atoms. The summed E-state index contributed by atoms with van der Waals surface area (Å²) in [4.78, 5) is 17.3. The quantitative estimate of drug-likeness (QED) is 0.373. The van der Waals surface area contributed by atoms with E-state index in [4.69, 9.17) is 0 Å². The van der Waals surface area contributed by atoms with E-state index in [2.05, 4.69) is 35.2 Å². The second-order valence-electron chi connectivity index (χ2n) is 7.58. The van der Waals surface area contributed by atoms with Crippen LogP contribution in [0, 0.1) is 0 Å². The first-order valence-electron chi connectivity index (χ1n) is 9.77. The Labute approximate surface area is 186 Å². The first-order valence-corrected chi connectivity index (χ1v) is 9.77. The van der Waals surface area contributed by atoms with Gasteiger partial charge in [-0.2, -0.15) is 9.78 Å². The number of quaternary nitrogens is 1. The average Bonchev–Trinajstić information content (AvgIpc) is 3.16. The lowest BCUT2D eigenvalue weighted by Crippen LogP contribution is -3.12. The number of anilines is 1. The number of piperazine rings is 1. The lowest BCUT2D eigenvalue weighted by Gasteiger charge is -2.31. The molecule has 2 heterocycles. The fraction of sp³-hybridized carbons (Fsp3) is 0.217. The van der Waals surface area contributed by atoms with Gasteiger partial charge in [0.05, 0.1) is 44.9 Å². The van der Waals surface area contributed by atoms with Crippen LogP contribution in [-0.2, 0) is 0 Å². The summed E-state index contributed by atoms with van der Waals surface area (Å²) in [6.45, 7) is 4.32. The predicted molar refractivity (Wildman–Crippen MR) is 119 cm³/mol. The predicted octanol–water partition coefficient (Wildman–Crippen LogP) is -2.43. The van der Waals surface area contributed by atoms with E-state index in [9.17, 15) is 4.79 Å². The topological polar surface area (TPSA) is 106 Å². The first kappa shape index (κ1) is 24.3. The summed E-state index contributed by atoms with van der Waals surface area (Å²) < 4.78 is 1.54. The molecule has 7 nitrogen and oxygen atoms in total. The van der Waals surface area contributed by atoms with Crippen LogP contribution in [0.1, 0.15) is 10.4 Å². The van der Waals surface area contributed by atoms with Crippen LogP contribution in [0.15, 0.2) is 66.9 Å². The van der Waals surface area contributed by atoms with E-state index in [0.29, 0.717) is 5.56 Å². The van der Waals surface area contributed by atoms with Crippen LogP contribution in [0.5, 0.6) is 0 Å². The maximum atomic E-state index is 13.3. The van der Waals surface area contributed by atoms with Crippen LogP contribution in [0.4, 0.5) is 5.69 Å². The van der Waals surface area contributed by atoms with Crippen molar-refractivity contribution in [1.29, 1.82) is 0 Å². The summed E-state index contributed by atoms with van der Waals surface area (Å²) in [5, 5.41) is 7.42. The van der Waals surface area contributed by atoms with E-state index in [1.54, 1.807) is 15.8 Å². The van der Waals surface area contributed by atoms with Crippen molar-refractivity contribution in [3.8, 4) is 0 Å². The fourth-order valence-corrected chi connectivity index (χ4v) is 4.04. The van der Waals surface area contributed by atoms with Gasteiger partial charge in [0.25, 0.3) is 5.91 Å². The zero-order chi connectivity index (χ0) is 19.1. The molecule has 0 aliphatic carbocycles. The number of hydrogen-bond acceptors (Lipinski definition) is 3. The summed E-state index contributed by atoms with van der Waals surface area (Å²) >= 11 is 0. The van der Waals surface area contributed by atoms with Crippen molar-refractivity contribution in [1.82, 2.24) is 9.78 Å². The molecule has 3 aromatic carbocycles. The Morgan fingerprint density at radius 3 is 2.42 bits per heavy atom. The van der Waals surface area contributed by atoms with Crippen molar-refractivity contribution in [2.75, 3.05) is 38.1 Å². The van der Waals surface area contributed by atoms with Crippen molar-refractivity contribution in [2.24, 2.45) is 0 Å². The van der Waals surface area contributed by atoms with Gasteiger partial charge in [-0.05, 0) is 35.0 Å². The van der Waals surface area contributed by atoms with Crippen molar-refractivity contribution in [2.45, 2.75) is 0 Å². The van der Waals surface area contributed by atoms with Gasteiger partial charge in [-0.25, -0.2) is 0 Å². The van der Waals surface area contributed by atoms with E-state index in [0.717, 1.165) is 53.5 Å². The highest BCUT2D eigenvalue weighted by molar-refractivity contribution is 6.10. The Kier molecular flexibility index (Phi) is 7.75. The second kappa shape index (κ2) is 9.89. The molecule has 8 heteroatoms. The molecule has 0 radical (unpaired) electrons. The molecule has 1 fully saturated rings. The highest BCUT2D eigenvalue weighted by Crippen LogP contribution is 2.25. The molecule has 4 aromatic rings. The average molecular weight is 443 g/mol. The molecule has 0 unspecified atom stereocenters. The van der Waals surface area contributed by atoms with Crippen LogP contribution < -0.4 is 22.2 Å². The van der Waals surface area contributed by atoms with Gasteiger partial charge in [-0.3, -0.25) is 4.79 Å². The Hall–Kier alpha value is -2.97. The van der Waals surface area contributed by atoms with Gasteiger partial charge < -0.3 is 33.2 Å². The van der Waals surface area contributed by atoms with E-state index >= 15 is 0 Å². The number of benzene rings is 3. The summed E-state index contributed by atoms with van der Waals surface area (Å²) in [7, 11) is 2.23. The van der Waals surface area contributed by atoms with Gasteiger partial charge in [0.15, 0.2) is 0 Å². The maximum Gasteiger partial charge on any atom is 0.279 e. The Morgan fingerprint density at radius 1 is 0.935 bits per heavy atom. The molecule has 0 spiro atoms. The molecule has 164 valence electrons. The highest BCUT2D eigenvalue weighted by Gasteiger charge is 2.20. The Morgan fingerprint density at radius 2 is 1.65 bits per heavy atom. The van der Waals surface area contributed by atoms with Crippen molar-refractivity contribution in [3.05, 3.63) is 72.4 Å². The molecule has 1 aliphatic heterocycles.